The molecule has 11 heteroatoms. The van der Waals surface area contributed by atoms with E-state index in [1.807, 2.05) is 91.0 Å². The number of nitrogens with zero attached hydrogens (tertiary/aromatic N) is 3. The molecule has 0 unspecified atom stereocenters. The lowest BCUT2D eigenvalue weighted by Crippen LogP contribution is -2.49. The minimum absolute atomic E-state index is 0.00643. The number of methoxy groups -OCH3 is 1. The van der Waals surface area contributed by atoms with Gasteiger partial charge in [0.2, 0.25) is 11.9 Å². The first-order chi connectivity index (χ1) is 23.9. The maximum Gasteiger partial charge on any atom is 0.280 e. The Labute approximate surface area is 282 Å². The fraction of sp³-hybridized carbons (Fsp3) is 0.211. The molecular formula is C38H36N6O5. The molecule has 4 N–H and O–H groups in total. The summed E-state index contributed by atoms with van der Waals surface area (Å²) in [7, 11) is 1.64. The zero-order valence-corrected chi connectivity index (χ0v) is 26.8. The monoisotopic (exact) mass is 656 g/mol. The second-order valence-corrected chi connectivity index (χ2v) is 12.0. The van der Waals surface area contributed by atoms with Gasteiger partial charge in [0.1, 0.15) is 12.0 Å². The third-order valence-corrected chi connectivity index (χ3v) is 8.92. The predicted octanol–water partition coefficient (Wildman–Crippen LogP) is 4.54. The zero-order chi connectivity index (χ0) is 33.8. The number of carbonyl (C=O) groups excluding carboxylic acids is 1. The largest absolute Gasteiger partial charge is 0.497 e. The number of ether oxygens (including phenoxy) is 2. The summed E-state index contributed by atoms with van der Waals surface area (Å²) in [6.45, 7) is 0.287. The lowest BCUT2D eigenvalue weighted by molar-refractivity contribution is -0.115. The quantitative estimate of drug-likeness (QED) is 0.149. The Hall–Kier alpha value is -5.62. The molecule has 7 rings (SSSR count). The maximum absolute atomic E-state index is 12.9. The third kappa shape index (κ3) is 6.47. The van der Waals surface area contributed by atoms with Gasteiger partial charge in [-0.05, 0) is 34.4 Å². The van der Waals surface area contributed by atoms with Crippen molar-refractivity contribution in [3.8, 4) is 5.75 Å². The van der Waals surface area contributed by atoms with E-state index in [1.54, 1.807) is 11.7 Å². The molecular weight excluding hydrogens is 620 g/mol. The van der Waals surface area contributed by atoms with E-state index in [0.29, 0.717) is 0 Å². The molecule has 1 aliphatic rings. The van der Waals surface area contributed by atoms with Crippen LogP contribution in [0.4, 0.5) is 5.95 Å². The Bertz CT molecular complexity index is 2050. The van der Waals surface area contributed by atoms with Crippen LogP contribution in [0.2, 0.25) is 0 Å². The molecule has 0 saturated carbocycles. The van der Waals surface area contributed by atoms with Crippen LogP contribution in [0.15, 0.2) is 126 Å². The zero-order valence-electron chi connectivity index (χ0n) is 26.8. The summed E-state index contributed by atoms with van der Waals surface area (Å²) < 4.78 is 13.5. The van der Waals surface area contributed by atoms with Gasteiger partial charge in [0.05, 0.1) is 37.6 Å². The number of anilines is 1. The Morgan fingerprint density at radius 3 is 2.18 bits per heavy atom. The Morgan fingerprint density at radius 2 is 1.55 bits per heavy atom. The molecule has 248 valence electrons. The van der Waals surface area contributed by atoms with Crippen molar-refractivity contribution in [2.75, 3.05) is 19.0 Å². The van der Waals surface area contributed by atoms with Crippen LogP contribution >= 0.6 is 0 Å². The molecule has 1 aliphatic heterocycles. The van der Waals surface area contributed by atoms with Gasteiger partial charge in [0.15, 0.2) is 11.2 Å². The molecule has 0 radical (unpaired) electrons. The molecule has 1 amide bonds. The molecule has 4 aromatic carbocycles. The highest BCUT2D eigenvalue weighted by Crippen LogP contribution is 2.38. The van der Waals surface area contributed by atoms with Crippen LogP contribution in [0.5, 0.6) is 5.75 Å². The number of benzene rings is 4. The van der Waals surface area contributed by atoms with E-state index in [0.717, 1.165) is 28.0 Å². The van der Waals surface area contributed by atoms with Crippen molar-refractivity contribution in [3.63, 3.8) is 0 Å². The number of fused-ring (bicyclic) bond motifs is 1. The molecule has 3 atom stereocenters. The summed E-state index contributed by atoms with van der Waals surface area (Å²) in [5.41, 5.74) is 2.91. The van der Waals surface area contributed by atoms with Crippen LogP contribution in [0.25, 0.3) is 11.2 Å². The van der Waals surface area contributed by atoms with Gasteiger partial charge in [0, 0.05) is 13.0 Å². The second-order valence-electron chi connectivity index (χ2n) is 12.0. The van der Waals surface area contributed by atoms with Gasteiger partial charge in [-0.15, -0.1) is 0 Å². The van der Waals surface area contributed by atoms with Crippen LogP contribution in [0.3, 0.4) is 0 Å². The van der Waals surface area contributed by atoms with Crippen molar-refractivity contribution < 1.29 is 19.4 Å². The van der Waals surface area contributed by atoms with Crippen LogP contribution in [0.1, 0.15) is 34.9 Å². The Kier molecular flexibility index (Phi) is 9.03. The number of carbonyl (C=O) groups is 1. The number of hydrogen-bond donors (Lipinski definition) is 4. The van der Waals surface area contributed by atoms with Crippen LogP contribution in [0, 0.1) is 0 Å². The summed E-state index contributed by atoms with van der Waals surface area (Å²) in [4.78, 5) is 37.0. The number of imidazole rings is 1. The first-order valence-corrected chi connectivity index (χ1v) is 16.1. The molecule has 1 saturated heterocycles. The fourth-order valence-electron chi connectivity index (χ4n) is 6.50. The van der Waals surface area contributed by atoms with Crippen molar-refractivity contribution in [1.29, 1.82) is 0 Å². The minimum atomic E-state index is -0.831. The Balaban J connectivity index is 1.16. The van der Waals surface area contributed by atoms with Gasteiger partial charge in [-0.1, -0.05) is 103 Å². The van der Waals surface area contributed by atoms with Gasteiger partial charge in [0.25, 0.3) is 5.56 Å². The number of aliphatic hydroxyl groups excluding tert-OH is 1. The highest BCUT2D eigenvalue weighted by Gasteiger charge is 2.41. The smallest absolute Gasteiger partial charge is 0.280 e. The Morgan fingerprint density at radius 1 is 0.939 bits per heavy atom. The number of nitrogens with one attached hydrogen (secondary N) is 3. The summed E-state index contributed by atoms with van der Waals surface area (Å²) in [6.07, 6.45) is -0.253. The van der Waals surface area contributed by atoms with E-state index in [4.69, 9.17) is 9.47 Å². The van der Waals surface area contributed by atoms with Crippen LogP contribution < -0.4 is 20.9 Å². The number of H-pyrrole nitrogens is 1. The average molecular weight is 657 g/mol. The number of amides is 1. The first-order valence-electron chi connectivity index (χ1n) is 16.1. The molecule has 2 aromatic heterocycles. The molecule has 0 spiro atoms. The lowest BCUT2D eigenvalue weighted by atomic mass is 9.77. The van der Waals surface area contributed by atoms with Crippen molar-refractivity contribution in [2.45, 2.75) is 36.8 Å². The van der Waals surface area contributed by atoms with Crippen molar-refractivity contribution in [1.82, 2.24) is 24.8 Å². The maximum atomic E-state index is 12.9. The van der Waals surface area contributed by atoms with Crippen molar-refractivity contribution in [2.24, 2.45) is 0 Å². The van der Waals surface area contributed by atoms with Gasteiger partial charge < -0.3 is 14.6 Å². The number of rotatable bonds is 11. The van der Waals surface area contributed by atoms with E-state index >= 15 is 0 Å². The van der Waals surface area contributed by atoms with Gasteiger partial charge in [-0.25, -0.2) is 4.98 Å². The van der Waals surface area contributed by atoms with E-state index in [9.17, 15) is 14.7 Å². The summed E-state index contributed by atoms with van der Waals surface area (Å²) in [6, 6.07) is 37.5. The SMILES string of the molecule is COc1ccc(C(NC[C@H]2O[C@@H](n3cnc4c(=O)[nH]c(NC(=O)Cc5ccccc5)nc43)C[C@@H]2O)(c2ccccc2)c2ccccc2)cc1. The second kappa shape index (κ2) is 13.9. The topological polar surface area (TPSA) is 143 Å². The van der Waals surface area contributed by atoms with Gasteiger partial charge in [-0.3, -0.25) is 29.8 Å². The van der Waals surface area contributed by atoms with Crippen LogP contribution in [-0.4, -0.2) is 56.4 Å². The lowest BCUT2D eigenvalue weighted by Gasteiger charge is -2.38. The molecule has 1 fully saturated rings. The number of aromatic amines is 1. The minimum Gasteiger partial charge on any atom is -0.497 e. The van der Waals surface area contributed by atoms with E-state index in [2.05, 4.69) is 49.9 Å². The summed E-state index contributed by atoms with van der Waals surface area (Å²) in [5.74, 6) is 0.428. The molecule has 0 aliphatic carbocycles. The first kappa shape index (κ1) is 32.0. The average Bonchev–Trinajstić information content (AvgIpc) is 3.73. The van der Waals surface area contributed by atoms with E-state index in [-0.39, 0.29) is 42.4 Å². The molecule has 6 aromatic rings. The van der Waals surface area contributed by atoms with Crippen molar-refractivity contribution in [3.05, 3.63) is 154 Å². The molecule has 11 nitrogen and oxygen atoms in total. The third-order valence-electron chi connectivity index (χ3n) is 8.92. The van der Waals surface area contributed by atoms with E-state index in [1.165, 1.54) is 6.33 Å². The summed E-state index contributed by atoms with van der Waals surface area (Å²) >= 11 is 0. The predicted molar refractivity (Wildman–Crippen MR) is 185 cm³/mol. The molecule has 3 heterocycles. The normalized spacial score (nSPS) is 17.6. The van der Waals surface area contributed by atoms with Crippen LogP contribution in [-0.2, 0) is 21.5 Å². The van der Waals surface area contributed by atoms with Gasteiger partial charge >= 0.3 is 0 Å². The number of aromatic nitrogens is 4. The molecule has 49 heavy (non-hydrogen) atoms. The molecule has 0 bridgehead atoms. The number of aliphatic hydroxyl groups is 1. The van der Waals surface area contributed by atoms with E-state index < -0.39 is 29.5 Å². The van der Waals surface area contributed by atoms with Crippen molar-refractivity contribution >= 4 is 23.0 Å². The standard InChI is InChI=1S/C38H36N6O5/c1-48-29-19-17-28(18-20-29)38(26-13-7-3-8-14-26,27-15-9-4-10-16-27)40-23-31-30(45)22-33(49-31)44-24-39-34-35(44)42-37(43-36(34)47)41-32(46)21-25-11-5-2-6-12-25/h2-20,24,30-31,33,40,45H,21-23H2,1H3,(H2,41,42,43,46,47)/t30-,31+,33+/m0/s1. The number of hydrogen-bond acceptors (Lipinski definition) is 8. The summed E-state index contributed by atoms with van der Waals surface area (Å²) in [5, 5.41) is 17.8. The highest BCUT2D eigenvalue weighted by atomic mass is 16.5. The van der Waals surface area contributed by atoms with Gasteiger partial charge in [-0.2, -0.15) is 4.98 Å². The highest BCUT2D eigenvalue weighted by molar-refractivity contribution is 5.91. The fourth-order valence-corrected chi connectivity index (χ4v) is 6.50.